The van der Waals surface area contributed by atoms with E-state index in [2.05, 4.69) is 15.9 Å². The molecule has 82 valence electrons. The van der Waals surface area contributed by atoms with Crippen LogP contribution in [-0.2, 0) is 0 Å². The van der Waals surface area contributed by atoms with Crippen LogP contribution in [-0.4, -0.2) is 12.9 Å². The van der Waals surface area contributed by atoms with Crippen LogP contribution in [0.25, 0.3) is 0 Å². The van der Waals surface area contributed by atoms with Crippen molar-refractivity contribution < 1.29 is 18.3 Å². The van der Waals surface area contributed by atoms with Crippen LogP contribution in [0.5, 0.6) is 5.75 Å². The number of halogens is 3. The third-order valence-corrected chi connectivity index (χ3v) is 2.73. The molecule has 0 radical (unpaired) electrons. The average Bonchev–Trinajstić information content (AvgIpc) is 2.17. The third-order valence-electron chi connectivity index (χ3n) is 1.91. The molecule has 0 amide bonds. The standard InChI is InChI=1S/C10H9BrF2O2/c1-5(14)7-3-6(10(12)13)4-8(15-2)9(7)11/h3-4,10H,1-2H3. The van der Waals surface area contributed by atoms with Crippen molar-refractivity contribution in [3.8, 4) is 5.75 Å². The highest BCUT2D eigenvalue weighted by atomic mass is 79.9. The molecular weight excluding hydrogens is 270 g/mol. The van der Waals surface area contributed by atoms with Gasteiger partial charge in [-0.2, -0.15) is 0 Å². The molecule has 5 heteroatoms. The first-order valence-electron chi connectivity index (χ1n) is 4.14. The third kappa shape index (κ3) is 2.53. The van der Waals surface area contributed by atoms with Gasteiger partial charge in [0.2, 0.25) is 0 Å². The minimum Gasteiger partial charge on any atom is -0.496 e. The molecule has 0 saturated heterocycles. The molecule has 0 aliphatic carbocycles. The summed E-state index contributed by atoms with van der Waals surface area (Å²) in [4.78, 5) is 11.2. The molecule has 0 aliphatic heterocycles. The van der Waals surface area contributed by atoms with Gasteiger partial charge in [-0.05, 0) is 35.0 Å². The Balaban J connectivity index is 3.38. The van der Waals surface area contributed by atoms with Crippen molar-refractivity contribution in [3.05, 3.63) is 27.7 Å². The molecule has 1 aromatic carbocycles. The van der Waals surface area contributed by atoms with Crippen LogP contribution in [0.1, 0.15) is 29.3 Å². The van der Waals surface area contributed by atoms with E-state index in [0.717, 1.165) is 0 Å². The molecule has 0 atom stereocenters. The number of ether oxygens (including phenoxy) is 1. The van der Waals surface area contributed by atoms with E-state index >= 15 is 0 Å². The van der Waals surface area contributed by atoms with Crippen molar-refractivity contribution in [3.63, 3.8) is 0 Å². The number of carbonyl (C=O) groups is 1. The summed E-state index contributed by atoms with van der Waals surface area (Å²) in [5.74, 6) is -0.0549. The minimum absolute atomic E-state index is 0.199. The summed E-state index contributed by atoms with van der Waals surface area (Å²) in [5, 5.41) is 0. The maximum Gasteiger partial charge on any atom is 0.264 e. The van der Waals surface area contributed by atoms with E-state index in [1.807, 2.05) is 0 Å². The number of Topliss-reactive ketones (excluding diaryl/α,β-unsaturated/α-hetero) is 1. The summed E-state index contributed by atoms with van der Waals surface area (Å²) in [6, 6.07) is 2.38. The fourth-order valence-corrected chi connectivity index (χ4v) is 1.82. The van der Waals surface area contributed by atoms with Crippen molar-refractivity contribution in [2.75, 3.05) is 7.11 Å². The molecule has 1 rings (SSSR count). The van der Waals surface area contributed by atoms with Crippen LogP contribution in [0.15, 0.2) is 16.6 Å². The summed E-state index contributed by atoms with van der Waals surface area (Å²) in [7, 11) is 1.36. The quantitative estimate of drug-likeness (QED) is 0.790. The SMILES string of the molecule is COc1cc(C(F)F)cc(C(C)=O)c1Br. The van der Waals surface area contributed by atoms with E-state index in [0.29, 0.717) is 4.47 Å². The molecule has 15 heavy (non-hydrogen) atoms. The molecule has 0 unspecified atom stereocenters. The second kappa shape index (κ2) is 4.70. The second-order valence-electron chi connectivity index (χ2n) is 2.94. The number of hydrogen-bond acceptors (Lipinski definition) is 2. The first-order chi connectivity index (χ1) is 6.97. The summed E-state index contributed by atoms with van der Waals surface area (Å²) in [6.07, 6.45) is -2.62. The Morgan fingerprint density at radius 2 is 2.07 bits per heavy atom. The van der Waals surface area contributed by atoms with Gasteiger partial charge in [0, 0.05) is 11.1 Å². The van der Waals surface area contributed by atoms with Crippen LogP contribution < -0.4 is 4.74 Å². The fourth-order valence-electron chi connectivity index (χ4n) is 1.15. The first-order valence-corrected chi connectivity index (χ1v) is 4.93. The predicted molar refractivity (Wildman–Crippen MR) is 55.7 cm³/mol. The number of rotatable bonds is 3. The van der Waals surface area contributed by atoms with Crippen LogP contribution >= 0.6 is 15.9 Å². The lowest BCUT2D eigenvalue weighted by Crippen LogP contribution is -1.99. The van der Waals surface area contributed by atoms with E-state index in [4.69, 9.17) is 4.74 Å². The average molecular weight is 279 g/mol. The number of ketones is 1. The smallest absolute Gasteiger partial charge is 0.264 e. The van der Waals surface area contributed by atoms with Gasteiger partial charge in [0.15, 0.2) is 5.78 Å². The topological polar surface area (TPSA) is 26.3 Å². The molecule has 0 aliphatic rings. The van der Waals surface area contributed by atoms with E-state index in [1.54, 1.807) is 0 Å². The Bertz CT molecular complexity index is 391. The predicted octanol–water partition coefficient (Wildman–Crippen LogP) is 3.60. The van der Waals surface area contributed by atoms with Gasteiger partial charge in [-0.25, -0.2) is 8.78 Å². The number of benzene rings is 1. The molecule has 0 aromatic heterocycles. The Morgan fingerprint density at radius 3 is 2.47 bits per heavy atom. The molecule has 0 fully saturated rings. The molecule has 2 nitrogen and oxygen atoms in total. The summed E-state index contributed by atoms with van der Waals surface area (Å²) < 4.78 is 30.3. The first kappa shape index (κ1) is 12.1. The molecular formula is C10H9BrF2O2. The van der Waals surface area contributed by atoms with Crippen molar-refractivity contribution in [2.24, 2.45) is 0 Å². The van der Waals surface area contributed by atoms with Gasteiger partial charge in [-0.15, -0.1) is 0 Å². The fraction of sp³-hybridized carbons (Fsp3) is 0.300. The Labute approximate surface area is 94.4 Å². The second-order valence-corrected chi connectivity index (χ2v) is 3.73. The highest BCUT2D eigenvalue weighted by molar-refractivity contribution is 9.10. The number of alkyl halides is 2. The zero-order chi connectivity index (χ0) is 11.6. The number of hydrogen-bond donors (Lipinski definition) is 0. The number of carbonyl (C=O) groups excluding carboxylic acids is 1. The van der Waals surface area contributed by atoms with Gasteiger partial charge in [-0.3, -0.25) is 4.79 Å². The molecule has 0 bridgehead atoms. The van der Waals surface area contributed by atoms with Crippen molar-refractivity contribution in [1.82, 2.24) is 0 Å². The van der Waals surface area contributed by atoms with Gasteiger partial charge in [-0.1, -0.05) is 0 Å². The van der Waals surface area contributed by atoms with E-state index in [9.17, 15) is 13.6 Å². The molecule has 0 saturated carbocycles. The summed E-state index contributed by atoms with van der Waals surface area (Å²) in [6.45, 7) is 1.31. The lowest BCUT2D eigenvalue weighted by molar-refractivity contribution is 0.101. The highest BCUT2D eigenvalue weighted by Crippen LogP contribution is 2.33. The van der Waals surface area contributed by atoms with Gasteiger partial charge in [0.1, 0.15) is 5.75 Å². The van der Waals surface area contributed by atoms with Gasteiger partial charge < -0.3 is 4.74 Å². The zero-order valence-electron chi connectivity index (χ0n) is 8.18. The van der Waals surface area contributed by atoms with Crippen molar-refractivity contribution in [2.45, 2.75) is 13.3 Å². The summed E-state index contributed by atoms with van der Waals surface area (Å²) in [5.41, 5.74) is -0.0232. The van der Waals surface area contributed by atoms with Gasteiger partial charge >= 0.3 is 0 Å². The van der Waals surface area contributed by atoms with Crippen molar-refractivity contribution in [1.29, 1.82) is 0 Å². The van der Waals surface area contributed by atoms with Crippen LogP contribution in [0.4, 0.5) is 8.78 Å². The maximum absolute atomic E-state index is 12.5. The molecule has 0 spiro atoms. The van der Waals surface area contributed by atoms with Crippen LogP contribution in [0, 0.1) is 0 Å². The normalized spacial score (nSPS) is 10.5. The lowest BCUT2D eigenvalue weighted by atomic mass is 10.1. The van der Waals surface area contributed by atoms with Gasteiger partial charge in [0.25, 0.3) is 6.43 Å². The Hall–Kier alpha value is -0.970. The molecule has 0 heterocycles. The molecule has 1 aromatic rings. The minimum atomic E-state index is -2.62. The Morgan fingerprint density at radius 1 is 1.47 bits per heavy atom. The summed E-state index contributed by atoms with van der Waals surface area (Å²) >= 11 is 3.13. The zero-order valence-corrected chi connectivity index (χ0v) is 9.77. The Kier molecular flexibility index (Phi) is 3.79. The molecule has 0 N–H and O–H groups in total. The number of methoxy groups -OCH3 is 1. The monoisotopic (exact) mass is 278 g/mol. The largest absolute Gasteiger partial charge is 0.496 e. The van der Waals surface area contributed by atoms with Gasteiger partial charge in [0.05, 0.1) is 11.6 Å². The van der Waals surface area contributed by atoms with Crippen LogP contribution in [0.2, 0.25) is 0 Å². The van der Waals surface area contributed by atoms with E-state index in [1.165, 1.54) is 26.2 Å². The van der Waals surface area contributed by atoms with Crippen LogP contribution in [0.3, 0.4) is 0 Å². The van der Waals surface area contributed by atoms with Crippen molar-refractivity contribution >= 4 is 21.7 Å². The van der Waals surface area contributed by atoms with E-state index < -0.39 is 6.43 Å². The highest BCUT2D eigenvalue weighted by Gasteiger charge is 2.16. The van der Waals surface area contributed by atoms with E-state index in [-0.39, 0.29) is 22.7 Å². The maximum atomic E-state index is 12.5. The lowest BCUT2D eigenvalue weighted by Gasteiger charge is -2.10.